The Bertz CT molecular complexity index is 724. The van der Waals surface area contributed by atoms with Crippen LogP contribution < -0.4 is 5.32 Å². The van der Waals surface area contributed by atoms with Gasteiger partial charge in [0.25, 0.3) is 17.7 Å². The highest BCUT2D eigenvalue weighted by Crippen LogP contribution is 2.27. The summed E-state index contributed by atoms with van der Waals surface area (Å²) in [5, 5.41) is 2.75. The van der Waals surface area contributed by atoms with Crippen molar-refractivity contribution >= 4 is 23.7 Å². The number of fused-ring (bicyclic) bond motifs is 1. The number of benzene rings is 1. The lowest BCUT2D eigenvalue weighted by Gasteiger charge is -2.26. The van der Waals surface area contributed by atoms with E-state index in [0.717, 1.165) is 17.7 Å². The Morgan fingerprint density at radius 2 is 1.64 bits per heavy atom. The second kappa shape index (κ2) is 9.48. The third-order valence-electron chi connectivity index (χ3n) is 4.58. The molecular formula is C21H28N2O5. The Morgan fingerprint density at radius 3 is 2.14 bits per heavy atom. The molecule has 7 nitrogen and oxygen atoms in total. The van der Waals surface area contributed by atoms with Gasteiger partial charge in [0.1, 0.15) is 6.04 Å². The maximum Gasteiger partial charge on any atom is 0.329 e. The molecule has 0 saturated heterocycles. The highest BCUT2D eigenvalue weighted by Gasteiger charge is 2.43. The van der Waals surface area contributed by atoms with Gasteiger partial charge in [-0.15, -0.1) is 0 Å². The molecule has 1 N–H and O–H groups in total. The molecule has 1 aromatic carbocycles. The van der Waals surface area contributed by atoms with Gasteiger partial charge in [0.15, 0.2) is 6.61 Å². The van der Waals surface area contributed by atoms with Crippen LogP contribution in [0.2, 0.25) is 0 Å². The predicted octanol–water partition coefficient (Wildman–Crippen LogP) is 2.55. The van der Waals surface area contributed by atoms with Gasteiger partial charge in [-0.1, -0.05) is 39.3 Å². The summed E-state index contributed by atoms with van der Waals surface area (Å²) in [6.45, 7) is 7.23. The topological polar surface area (TPSA) is 92.8 Å². The molecular weight excluding hydrogens is 360 g/mol. The molecule has 0 aliphatic carbocycles. The summed E-state index contributed by atoms with van der Waals surface area (Å²) in [6.07, 6.45) is 2.01. The molecule has 0 bridgehead atoms. The number of carbonyl (C=O) groups is 4. The summed E-state index contributed by atoms with van der Waals surface area (Å²) in [4.78, 5) is 51.0. The van der Waals surface area contributed by atoms with Crippen molar-refractivity contribution in [1.82, 2.24) is 10.2 Å². The second-order valence-electron chi connectivity index (χ2n) is 7.54. The Morgan fingerprint density at radius 1 is 1.07 bits per heavy atom. The van der Waals surface area contributed by atoms with Crippen LogP contribution in [-0.2, 0) is 14.3 Å². The SMILES string of the molecule is CCC[C@@H](C)NC(=O)COC(=O)[C@@H](CC(C)C)N1C(=O)c2ccccc2C1=O. The zero-order chi connectivity index (χ0) is 20.8. The number of carbonyl (C=O) groups excluding carboxylic acids is 4. The molecule has 3 amide bonds. The number of nitrogens with one attached hydrogen (secondary N) is 1. The molecule has 2 atom stereocenters. The summed E-state index contributed by atoms with van der Waals surface area (Å²) in [6, 6.07) is 5.40. The van der Waals surface area contributed by atoms with Crippen molar-refractivity contribution in [1.29, 1.82) is 0 Å². The van der Waals surface area contributed by atoms with E-state index in [2.05, 4.69) is 5.32 Å². The van der Waals surface area contributed by atoms with E-state index in [0.29, 0.717) is 0 Å². The van der Waals surface area contributed by atoms with E-state index >= 15 is 0 Å². The zero-order valence-corrected chi connectivity index (χ0v) is 16.9. The van der Waals surface area contributed by atoms with Crippen molar-refractivity contribution in [3.05, 3.63) is 35.4 Å². The molecule has 0 aromatic heterocycles. The quantitative estimate of drug-likeness (QED) is 0.518. The second-order valence-corrected chi connectivity index (χ2v) is 7.54. The zero-order valence-electron chi connectivity index (χ0n) is 16.9. The van der Waals surface area contributed by atoms with Gasteiger partial charge in [-0.05, 0) is 37.8 Å². The van der Waals surface area contributed by atoms with Crippen LogP contribution in [0.3, 0.4) is 0 Å². The van der Waals surface area contributed by atoms with Gasteiger partial charge in [0.2, 0.25) is 0 Å². The number of nitrogens with zero attached hydrogens (tertiary/aromatic N) is 1. The average molecular weight is 388 g/mol. The minimum absolute atomic E-state index is 0.0149. The fraction of sp³-hybridized carbons (Fsp3) is 0.524. The molecule has 7 heteroatoms. The maximum atomic E-state index is 12.7. The summed E-state index contributed by atoms with van der Waals surface area (Å²) in [7, 11) is 0. The summed E-state index contributed by atoms with van der Waals surface area (Å²) >= 11 is 0. The van der Waals surface area contributed by atoms with Crippen LogP contribution in [0.1, 0.15) is 67.7 Å². The van der Waals surface area contributed by atoms with Gasteiger partial charge in [-0.25, -0.2) is 4.79 Å². The van der Waals surface area contributed by atoms with Crippen LogP contribution in [0.15, 0.2) is 24.3 Å². The fourth-order valence-corrected chi connectivity index (χ4v) is 3.30. The van der Waals surface area contributed by atoms with E-state index in [1.54, 1.807) is 24.3 Å². The molecule has 1 heterocycles. The maximum absolute atomic E-state index is 12.7. The van der Waals surface area contributed by atoms with Crippen molar-refractivity contribution in [3.8, 4) is 0 Å². The highest BCUT2D eigenvalue weighted by molar-refractivity contribution is 6.22. The first-order valence-corrected chi connectivity index (χ1v) is 9.69. The average Bonchev–Trinajstić information content (AvgIpc) is 2.89. The molecule has 2 rings (SSSR count). The Labute approximate surface area is 165 Å². The lowest BCUT2D eigenvalue weighted by atomic mass is 10.0. The molecule has 28 heavy (non-hydrogen) atoms. The van der Waals surface area contributed by atoms with Crippen molar-refractivity contribution in [2.45, 2.75) is 59.0 Å². The molecule has 152 valence electrons. The van der Waals surface area contributed by atoms with Crippen molar-refractivity contribution in [2.24, 2.45) is 5.92 Å². The monoisotopic (exact) mass is 388 g/mol. The number of esters is 1. The largest absolute Gasteiger partial charge is 0.454 e. The van der Waals surface area contributed by atoms with Crippen molar-refractivity contribution in [3.63, 3.8) is 0 Å². The Balaban J connectivity index is 2.10. The molecule has 0 fully saturated rings. The Kier molecular flexibility index (Phi) is 7.31. The lowest BCUT2D eigenvalue weighted by Crippen LogP contribution is -2.47. The smallest absolute Gasteiger partial charge is 0.329 e. The predicted molar refractivity (Wildman–Crippen MR) is 104 cm³/mol. The van der Waals surface area contributed by atoms with Crippen LogP contribution in [0.5, 0.6) is 0 Å². The molecule has 0 radical (unpaired) electrons. The number of rotatable bonds is 9. The summed E-state index contributed by atoms with van der Waals surface area (Å²) < 4.78 is 5.16. The van der Waals surface area contributed by atoms with E-state index in [9.17, 15) is 19.2 Å². The van der Waals surface area contributed by atoms with Gasteiger partial charge in [-0.3, -0.25) is 19.3 Å². The van der Waals surface area contributed by atoms with Gasteiger partial charge in [-0.2, -0.15) is 0 Å². The molecule has 1 aliphatic heterocycles. The first-order chi connectivity index (χ1) is 13.3. The molecule has 1 aliphatic rings. The summed E-state index contributed by atoms with van der Waals surface area (Å²) in [5.74, 6) is -2.13. The van der Waals surface area contributed by atoms with E-state index in [1.807, 2.05) is 27.7 Å². The van der Waals surface area contributed by atoms with Crippen LogP contribution in [0.4, 0.5) is 0 Å². The van der Waals surface area contributed by atoms with Gasteiger partial charge >= 0.3 is 5.97 Å². The van der Waals surface area contributed by atoms with Crippen molar-refractivity contribution in [2.75, 3.05) is 6.61 Å². The van der Waals surface area contributed by atoms with Gasteiger partial charge < -0.3 is 10.1 Å². The highest BCUT2D eigenvalue weighted by atomic mass is 16.5. The molecule has 0 spiro atoms. The van der Waals surface area contributed by atoms with Crippen LogP contribution >= 0.6 is 0 Å². The van der Waals surface area contributed by atoms with E-state index in [1.165, 1.54) is 0 Å². The van der Waals surface area contributed by atoms with Crippen LogP contribution in [0.25, 0.3) is 0 Å². The van der Waals surface area contributed by atoms with Crippen LogP contribution in [-0.4, -0.2) is 47.3 Å². The molecule has 0 unspecified atom stereocenters. The first kappa shape index (κ1) is 21.6. The van der Waals surface area contributed by atoms with Crippen LogP contribution in [0, 0.1) is 5.92 Å². The Hall–Kier alpha value is -2.70. The number of imide groups is 1. The number of hydrogen-bond acceptors (Lipinski definition) is 5. The number of amides is 3. The van der Waals surface area contributed by atoms with Crippen molar-refractivity contribution < 1.29 is 23.9 Å². The minimum atomic E-state index is -1.06. The number of ether oxygens (including phenoxy) is 1. The summed E-state index contributed by atoms with van der Waals surface area (Å²) in [5.41, 5.74) is 0.556. The number of hydrogen-bond donors (Lipinski definition) is 1. The fourth-order valence-electron chi connectivity index (χ4n) is 3.30. The normalized spacial score (nSPS) is 15.4. The van der Waals surface area contributed by atoms with E-state index < -0.39 is 36.3 Å². The molecule has 1 aromatic rings. The van der Waals surface area contributed by atoms with E-state index in [-0.39, 0.29) is 29.5 Å². The first-order valence-electron chi connectivity index (χ1n) is 9.69. The molecule has 0 saturated carbocycles. The van der Waals surface area contributed by atoms with E-state index in [4.69, 9.17) is 4.74 Å². The standard InChI is InChI=1S/C21H28N2O5/c1-5-8-14(4)22-18(24)12-28-21(27)17(11-13(2)3)23-19(25)15-9-6-7-10-16(15)20(23)26/h6-7,9-10,13-14,17H,5,8,11-12H2,1-4H3,(H,22,24)/t14-,17-/m1/s1. The lowest BCUT2D eigenvalue weighted by molar-refractivity contribution is -0.153. The third kappa shape index (κ3) is 4.97. The third-order valence-corrected chi connectivity index (χ3v) is 4.58. The van der Waals surface area contributed by atoms with Gasteiger partial charge in [0, 0.05) is 6.04 Å². The van der Waals surface area contributed by atoms with Gasteiger partial charge in [0.05, 0.1) is 11.1 Å². The minimum Gasteiger partial charge on any atom is -0.454 e.